The predicted molar refractivity (Wildman–Crippen MR) is 64.2 cm³/mol. The van der Waals surface area contributed by atoms with Crippen LogP contribution < -0.4 is 4.74 Å². The van der Waals surface area contributed by atoms with Crippen LogP contribution in [0.5, 0.6) is 5.75 Å². The van der Waals surface area contributed by atoms with Gasteiger partial charge in [-0.2, -0.15) is 0 Å². The number of halogens is 1. The Kier molecular flexibility index (Phi) is 4.66. The molecule has 1 rings (SSSR count). The summed E-state index contributed by atoms with van der Waals surface area (Å²) in [4.78, 5) is 23.2. The molecule has 0 atom stereocenters. The summed E-state index contributed by atoms with van der Waals surface area (Å²) in [7, 11) is 2.86. The lowest BCUT2D eigenvalue weighted by Gasteiger charge is -2.10. The molecule has 0 saturated carbocycles. The summed E-state index contributed by atoms with van der Waals surface area (Å²) < 4.78 is 9.76. The van der Waals surface area contributed by atoms with E-state index in [0.717, 1.165) is 0 Å². The molecule has 0 aliphatic heterocycles. The van der Waals surface area contributed by atoms with Crippen molar-refractivity contribution in [3.63, 3.8) is 0 Å². The van der Waals surface area contributed by atoms with Crippen LogP contribution in [0.25, 0.3) is 0 Å². The fraction of sp³-hybridized carbons (Fsp3) is 0.333. The van der Waals surface area contributed by atoms with Gasteiger partial charge in [0.15, 0.2) is 11.6 Å². The first-order chi connectivity index (χ1) is 8.01. The maximum absolute atomic E-state index is 11.7. The molecule has 1 aromatic carbocycles. The number of ether oxygens (including phenoxy) is 2. The van der Waals surface area contributed by atoms with E-state index < -0.39 is 0 Å². The number of carbonyl (C=O) groups excluding carboxylic acids is 2. The Morgan fingerprint density at radius 2 is 1.88 bits per heavy atom. The SMILES string of the molecule is COCC(=O)c1cc(Cl)c(OC)cc1C(C)=O. The Balaban J connectivity index is 3.32. The normalized spacial score (nSPS) is 10.1. The summed E-state index contributed by atoms with van der Waals surface area (Å²) in [5.41, 5.74) is 0.540. The van der Waals surface area contributed by atoms with Crippen molar-refractivity contribution in [3.05, 3.63) is 28.3 Å². The van der Waals surface area contributed by atoms with Gasteiger partial charge in [-0.1, -0.05) is 11.6 Å². The highest BCUT2D eigenvalue weighted by Crippen LogP contribution is 2.28. The maximum atomic E-state index is 11.7. The summed E-state index contributed by atoms with van der Waals surface area (Å²) >= 11 is 5.92. The molecule has 0 aliphatic carbocycles. The van der Waals surface area contributed by atoms with Gasteiger partial charge in [0.05, 0.1) is 12.1 Å². The molecular weight excluding hydrogens is 244 g/mol. The molecule has 1 aromatic rings. The Bertz CT molecular complexity index is 454. The molecule has 0 spiro atoms. The molecule has 0 saturated heterocycles. The zero-order valence-corrected chi connectivity index (χ0v) is 10.6. The van der Waals surface area contributed by atoms with Gasteiger partial charge in [-0.05, 0) is 19.1 Å². The van der Waals surface area contributed by atoms with Gasteiger partial charge in [-0.15, -0.1) is 0 Å². The van der Waals surface area contributed by atoms with Crippen LogP contribution in [-0.4, -0.2) is 32.4 Å². The van der Waals surface area contributed by atoms with Gasteiger partial charge < -0.3 is 9.47 Å². The van der Waals surface area contributed by atoms with Crippen LogP contribution in [0.4, 0.5) is 0 Å². The van der Waals surface area contributed by atoms with Gasteiger partial charge in [-0.3, -0.25) is 9.59 Å². The first-order valence-electron chi connectivity index (χ1n) is 4.91. The van der Waals surface area contributed by atoms with Crippen LogP contribution in [0.2, 0.25) is 5.02 Å². The van der Waals surface area contributed by atoms with Crippen molar-refractivity contribution in [2.45, 2.75) is 6.92 Å². The van der Waals surface area contributed by atoms with Gasteiger partial charge in [0, 0.05) is 18.2 Å². The van der Waals surface area contributed by atoms with E-state index in [9.17, 15) is 9.59 Å². The first kappa shape index (κ1) is 13.7. The molecule has 0 bridgehead atoms. The quantitative estimate of drug-likeness (QED) is 0.759. The topological polar surface area (TPSA) is 52.6 Å². The third-order valence-electron chi connectivity index (χ3n) is 2.25. The van der Waals surface area contributed by atoms with Gasteiger partial charge in [0.2, 0.25) is 0 Å². The molecule has 0 N–H and O–H groups in total. The van der Waals surface area contributed by atoms with Crippen molar-refractivity contribution in [1.29, 1.82) is 0 Å². The lowest BCUT2D eigenvalue weighted by Crippen LogP contribution is -2.12. The number of benzene rings is 1. The van der Waals surface area contributed by atoms with Crippen molar-refractivity contribution in [2.75, 3.05) is 20.8 Å². The van der Waals surface area contributed by atoms with Crippen molar-refractivity contribution in [3.8, 4) is 5.75 Å². The number of ketones is 2. The standard InChI is InChI=1S/C12H13ClO4/c1-7(14)8-5-12(17-3)10(13)4-9(8)11(15)6-16-2/h4-5H,6H2,1-3H3. The monoisotopic (exact) mass is 256 g/mol. The largest absolute Gasteiger partial charge is 0.495 e. The molecule has 0 fully saturated rings. The fourth-order valence-electron chi connectivity index (χ4n) is 1.44. The summed E-state index contributed by atoms with van der Waals surface area (Å²) in [6.07, 6.45) is 0. The minimum Gasteiger partial charge on any atom is -0.495 e. The molecule has 17 heavy (non-hydrogen) atoms. The first-order valence-corrected chi connectivity index (χ1v) is 5.29. The number of hydrogen-bond donors (Lipinski definition) is 0. The van der Waals surface area contributed by atoms with Crippen LogP contribution in [-0.2, 0) is 4.74 Å². The molecule has 0 aliphatic rings. The fourth-order valence-corrected chi connectivity index (χ4v) is 1.68. The van der Waals surface area contributed by atoms with Gasteiger partial charge in [0.1, 0.15) is 12.4 Å². The molecule has 0 unspecified atom stereocenters. The lowest BCUT2D eigenvalue weighted by atomic mass is 10.0. The van der Waals surface area contributed by atoms with Crippen LogP contribution >= 0.6 is 11.6 Å². The Morgan fingerprint density at radius 3 is 2.35 bits per heavy atom. The van der Waals surface area contributed by atoms with Crippen LogP contribution in [0.15, 0.2) is 12.1 Å². The zero-order chi connectivity index (χ0) is 13.0. The summed E-state index contributed by atoms with van der Waals surface area (Å²) in [6, 6.07) is 2.89. The van der Waals surface area contributed by atoms with Crippen molar-refractivity contribution in [1.82, 2.24) is 0 Å². The van der Waals surface area contributed by atoms with E-state index in [-0.39, 0.29) is 34.3 Å². The third kappa shape index (κ3) is 3.05. The Hall–Kier alpha value is -1.39. The van der Waals surface area contributed by atoms with E-state index in [0.29, 0.717) is 5.75 Å². The Labute approximate surface area is 104 Å². The predicted octanol–water partition coefficient (Wildman–Crippen LogP) is 2.38. The third-order valence-corrected chi connectivity index (χ3v) is 2.54. The van der Waals surface area contributed by atoms with E-state index in [1.165, 1.54) is 33.3 Å². The highest BCUT2D eigenvalue weighted by Gasteiger charge is 2.17. The minimum absolute atomic E-state index is 0.0943. The Morgan fingerprint density at radius 1 is 1.24 bits per heavy atom. The molecule has 0 aromatic heterocycles. The second kappa shape index (κ2) is 5.80. The number of Topliss-reactive ketones (excluding diaryl/α,β-unsaturated/α-hetero) is 2. The second-order valence-electron chi connectivity index (χ2n) is 3.44. The van der Waals surface area contributed by atoms with Crippen LogP contribution in [0.3, 0.4) is 0 Å². The number of hydrogen-bond acceptors (Lipinski definition) is 4. The van der Waals surface area contributed by atoms with Crippen molar-refractivity contribution in [2.24, 2.45) is 0 Å². The average molecular weight is 257 g/mol. The highest BCUT2D eigenvalue weighted by atomic mass is 35.5. The number of methoxy groups -OCH3 is 2. The molecular formula is C12H13ClO4. The lowest BCUT2D eigenvalue weighted by molar-refractivity contribution is 0.0841. The van der Waals surface area contributed by atoms with E-state index in [2.05, 4.69) is 0 Å². The van der Waals surface area contributed by atoms with Gasteiger partial charge in [0.25, 0.3) is 0 Å². The summed E-state index contributed by atoms with van der Waals surface area (Å²) in [5.74, 6) is -0.146. The van der Waals surface area contributed by atoms with E-state index >= 15 is 0 Å². The van der Waals surface area contributed by atoms with E-state index in [1.807, 2.05) is 0 Å². The van der Waals surface area contributed by atoms with Gasteiger partial charge >= 0.3 is 0 Å². The summed E-state index contributed by atoms with van der Waals surface area (Å²) in [6.45, 7) is 1.29. The summed E-state index contributed by atoms with van der Waals surface area (Å²) in [5, 5.41) is 0.289. The number of rotatable bonds is 5. The molecule has 0 radical (unpaired) electrons. The van der Waals surface area contributed by atoms with E-state index in [1.54, 1.807) is 0 Å². The smallest absolute Gasteiger partial charge is 0.189 e. The minimum atomic E-state index is -0.290. The molecule has 0 heterocycles. The molecule has 92 valence electrons. The van der Waals surface area contributed by atoms with Gasteiger partial charge in [-0.25, -0.2) is 0 Å². The van der Waals surface area contributed by atoms with Crippen LogP contribution in [0, 0.1) is 0 Å². The molecule has 5 heteroatoms. The maximum Gasteiger partial charge on any atom is 0.189 e. The highest BCUT2D eigenvalue weighted by molar-refractivity contribution is 6.32. The van der Waals surface area contributed by atoms with Crippen LogP contribution in [0.1, 0.15) is 27.6 Å². The number of carbonyl (C=O) groups is 2. The average Bonchev–Trinajstić information content (AvgIpc) is 2.28. The zero-order valence-electron chi connectivity index (χ0n) is 9.87. The van der Waals surface area contributed by atoms with Crippen molar-refractivity contribution >= 4 is 23.2 Å². The molecule has 0 amide bonds. The second-order valence-corrected chi connectivity index (χ2v) is 3.85. The van der Waals surface area contributed by atoms with E-state index in [4.69, 9.17) is 21.1 Å². The van der Waals surface area contributed by atoms with Crippen molar-refractivity contribution < 1.29 is 19.1 Å². The molecule has 4 nitrogen and oxygen atoms in total.